The lowest BCUT2D eigenvalue weighted by Crippen LogP contribution is -2.52. The third kappa shape index (κ3) is 4.84. The summed E-state index contributed by atoms with van der Waals surface area (Å²) in [5, 5.41) is 3.88. The van der Waals surface area contributed by atoms with E-state index in [0.717, 1.165) is 5.69 Å². The van der Waals surface area contributed by atoms with Crippen molar-refractivity contribution < 1.29 is 23.6 Å². The molecular weight excluding hydrogens is 401 g/mol. The van der Waals surface area contributed by atoms with Crippen molar-refractivity contribution in [2.75, 3.05) is 31.1 Å². The monoisotopic (exact) mass is 425 g/mol. The summed E-state index contributed by atoms with van der Waals surface area (Å²) in [4.78, 5) is 34.3. The van der Waals surface area contributed by atoms with Gasteiger partial charge in [0.25, 0.3) is 5.91 Å². The third-order valence-electron chi connectivity index (χ3n) is 5.44. The van der Waals surface area contributed by atoms with Crippen molar-refractivity contribution in [2.45, 2.75) is 25.6 Å². The van der Waals surface area contributed by atoms with Gasteiger partial charge in [-0.1, -0.05) is 35.5 Å². The number of halogens is 1. The molecule has 0 radical (unpaired) electrons. The Bertz CT molecular complexity index is 974. The molecule has 2 aliphatic heterocycles. The summed E-state index contributed by atoms with van der Waals surface area (Å²) >= 11 is 0. The molecule has 4 rings (SSSR count). The molecule has 0 saturated carbocycles. The molecule has 31 heavy (non-hydrogen) atoms. The average molecular weight is 425 g/mol. The molecule has 2 aromatic carbocycles. The molecule has 2 aliphatic rings. The number of para-hydroxylation sites is 1. The Kier molecular flexibility index (Phi) is 6.16. The number of hydrogen-bond acceptors (Lipinski definition) is 6. The predicted octanol–water partition coefficient (Wildman–Crippen LogP) is 2.60. The largest absolute Gasteiger partial charge is 0.450 e. The second kappa shape index (κ2) is 9.16. The van der Waals surface area contributed by atoms with Crippen molar-refractivity contribution in [1.82, 2.24) is 4.90 Å². The highest BCUT2D eigenvalue weighted by molar-refractivity contribution is 6.03. The Balaban J connectivity index is 1.26. The normalized spacial score (nSPS) is 19.4. The molecule has 8 heteroatoms. The van der Waals surface area contributed by atoms with Crippen molar-refractivity contribution in [2.24, 2.45) is 5.16 Å². The van der Waals surface area contributed by atoms with Crippen LogP contribution in [0.2, 0.25) is 0 Å². The van der Waals surface area contributed by atoms with Crippen LogP contribution in [0.25, 0.3) is 0 Å². The first kappa shape index (κ1) is 20.8. The van der Waals surface area contributed by atoms with Crippen molar-refractivity contribution >= 4 is 23.3 Å². The number of nitrogens with zero attached hydrogens (tertiary/aromatic N) is 3. The van der Waals surface area contributed by atoms with E-state index in [1.807, 2.05) is 30.3 Å². The van der Waals surface area contributed by atoms with Gasteiger partial charge in [-0.25, -0.2) is 9.18 Å². The molecule has 2 aromatic rings. The number of oxime groups is 1. The van der Waals surface area contributed by atoms with Gasteiger partial charge in [-0.2, -0.15) is 0 Å². The fourth-order valence-corrected chi connectivity index (χ4v) is 3.72. The van der Waals surface area contributed by atoms with Crippen LogP contribution in [0.3, 0.4) is 0 Å². The number of benzene rings is 2. The third-order valence-corrected chi connectivity index (χ3v) is 5.44. The zero-order chi connectivity index (χ0) is 21.8. The first-order chi connectivity index (χ1) is 15.0. The second-order valence-corrected chi connectivity index (χ2v) is 7.57. The second-order valence-electron chi connectivity index (χ2n) is 7.57. The molecule has 162 valence electrons. The van der Waals surface area contributed by atoms with Crippen LogP contribution >= 0.6 is 0 Å². The fraction of sp³-hybridized carbons (Fsp3) is 0.348. The van der Waals surface area contributed by atoms with Gasteiger partial charge in [-0.15, -0.1) is 0 Å². The zero-order valence-corrected chi connectivity index (χ0v) is 17.2. The molecule has 0 spiro atoms. The van der Waals surface area contributed by atoms with Gasteiger partial charge < -0.3 is 19.4 Å². The standard InChI is InChI=1S/C23H24FN3O4/c1-16(22(28)27-12-10-26(11-13-27)19-8-3-2-4-9-19)30-23(29)21-15-20(25-31-21)17-6-5-7-18(24)14-17/h2-9,14,16,21H,10-13,15H2,1H3. The number of carbonyl (C=O) groups is 2. The maximum atomic E-state index is 13.4. The van der Waals surface area contributed by atoms with E-state index in [9.17, 15) is 14.0 Å². The Labute approximate surface area is 180 Å². The van der Waals surface area contributed by atoms with E-state index < -0.39 is 24.0 Å². The number of piperazine rings is 1. The quantitative estimate of drug-likeness (QED) is 0.689. The molecule has 0 aromatic heterocycles. The predicted molar refractivity (Wildman–Crippen MR) is 113 cm³/mol. The molecule has 1 saturated heterocycles. The van der Waals surface area contributed by atoms with Gasteiger partial charge in [0.1, 0.15) is 5.82 Å². The van der Waals surface area contributed by atoms with Gasteiger partial charge in [0.15, 0.2) is 6.10 Å². The van der Waals surface area contributed by atoms with E-state index >= 15 is 0 Å². The van der Waals surface area contributed by atoms with Crippen molar-refractivity contribution in [1.29, 1.82) is 0 Å². The summed E-state index contributed by atoms with van der Waals surface area (Å²) < 4.78 is 18.8. The number of amides is 1. The first-order valence-electron chi connectivity index (χ1n) is 10.3. The highest BCUT2D eigenvalue weighted by Gasteiger charge is 2.34. The molecule has 1 fully saturated rings. The fourth-order valence-electron chi connectivity index (χ4n) is 3.72. The SMILES string of the molecule is CC(OC(=O)C1CC(c2cccc(F)c2)=NO1)C(=O)N1CCN(c2ccccc2)CC1. The summed E-state index contributed by atoms with van der Waals surface area (Å²) in [6.45, 7) is 4.11. The number of anilines is 1. The minimum atomic E-state index is -0.941. The van der Waals surface area contributed by atoms with Crippen LogP contribution in [0.15, 0.2) is 59.8 Å². The van der Waals surface area contributed by atoms with E-state index in [0.29, 0.717) is 37.5 Å². The number of esters is 1. The summed E-state index contributed by atoms with van der Waals surface area (Å²) in [6.07, 6.45) is -1.69. The Morgan fingerprint density at radius 2 is 1.84 bits per heavy atom. The van der Waals surface area contributed by atoms with E-state index in [-0.39, 0.29) is 12.3 Å². The summed E-state index contributed by atoms with van der Waals surface area (Å²) in [5.41, 5.74) is 2.15. The van der Waals surface area contributed by atoms with Gasteiger partial charge in [-0.05, 0) is 31.2 Å². The molecule has 1 amide bonds. The van der Waals surface area contributed by atoms with Gasteiger partial charge in [-0.3, -0.25) is 4.79 Å². The Morgan fingerprint density at radius 3 is 2.55 bits per heavy atom. The minimum absolute atomic E-state index is 0.166. The van der Waals surface area contributed by atoms with E-state index in [1.54, 1.807) is 24.0 Å². The van der Waals surface area contributed by atoms with Crippen LogP contribution in [0.4, 0.5) is 10.1 Å². The van der Waals surface area contributed by atoms with E-state index in [1.165, 1.54) is 12.1 Å². The summed E-state index contributed by atoms with van der Waals surface area (Å²) in [7, 11) is 0. The maximum Gasteiger partial charge on any atom is 0.351 e. The van der Waals surface area contributed by atoms with Gasteiger partial charge in [0, 0.05) is 43.9 Å². The van der Waals surface area contributed by atoms with Crippen LogP contribution in [0.5, 0.6) is 0 Å². The summed E-state index contributed by atoms with van der Waals surface area (Å²) in [5.74, 6) is -1.28. The lowest BCUT2D eigenvalue weighted by atomic mass is 10.1. The number of rotatable bonds is 5. The lowest BCUT2D eigenvalue weighted by Gasteiger charge is -2.37. The van der Waals surface area contributed by atoms with Gasteiger partial charge >= 0.3 is 5.97 Å². The van der Waals surface area contributed by atoms with Crippen LogP contribution in [-0.4, -0.2) is 60.9 Å². The first-order valence-corrected chi connectivity index (χ1v) is 10.3. The molecule has 2 unspecified atom stereocenters. The molecule has 0 bridgehead atoms. The van der Waals surface area contributed by atoms with Crippen molar-refractivity contribution in [3.05, 3.63) is 66.0 Å². The van der Waals surface area contributed by atoms with Crippen LogP contribution in [0, 0.1) is 5.82 Å². The summed E-state index contributed by atoms with van der Waals surface area (Å²) in [6, 6.07) is 16.0. The highest BCUT2D eigenvalue weighted by Crippen LogP contribution is 2.20. The number of hydrogen-bond donors (Lipinski definition) is 0. The molecular formula is C23H24FN3O4. The molecule has 0 N–H and O–H groups in total. The van der Waals surface area contributed by atoms with Crippen LogP contribution in [-0.2, 0) is 19.2 Å². The lowest BCUT2D eigenvalue weighted by molar-refractivity contribution is -0.167. The topological polar surface area (TPSA) is 71.4 Å². The maximum absolute atomic E-state index is 13.4. The van der Waals surface area contributed by atoms with E-state index in [4.69, 9.17) is 9.57 Å². The molecule has 2 atom stereocenters. The smallest absolute Gasteiger partial charge is 0.351 e. The number of ether oxygens (including phenoxy) is 1. The molecule has 2 heterocycles. The zero-order valence-electron chi connectivity index (χ0n) is 17.2. The highest BCUT2D eigenvalue weighted by atomic mass is 19.1. The van der Waals surface area contributed by atoms with Crippen LogP contribution in [0.1, 0.15) is 18.9 Å². The van der Waals surface area contributed by atoms with E-state index in [2.05, 4.69) is 10.1 Å². The Hall–Kier alpha value is -3.42. The van der Waals surface area contributed by atoms with Gasteiger partial charge in [0.2, 0.25) is 6.10 Å². The molecule has 0 aliphatic carbocycles. The van der Waals surface area contributed by atoms with Crippen molar-refractivity contribution in [3.63, 3.8) is 0 Å². The Morgan fingerprint density at radius 1 is 1.10 bits per heavy atom. The average Bonchev–Trinajstić information content (AvgIpc) is 3.30. The minimum Gasteiger partial charge on any atom is -0.450 e. The van der Waals surface area contributed by atoms with Crippen LogP contribution < -0.4 is 4.90 Å². The number of carbonyl (C=O) groups excluding carboxylic acids is 2. The van der Waals surface area contributed by atoms with Gasteiger partial charge in [0.05, 0.1) is 5.71 Å². The molecule has 7 nitrogen and oxygen atoms in total. The van der Waals surface area contributed by atoms with Crippen molar-refractivity contribution in [3.8, 4) is 0 Å².